The van der Waals surface area contributed by atoms with E-state index in [-0.39, 0.29) is 12.5 Å². The molecule has 0 aliphatic carbocycles. The van der Waals surface area contributed by atoms with Gasteiger partial charge in [0.25, 0.3) is 0 Å². The number of hydrogen-bond acceptors (Lipinski definition) is 8. The zero-order valence-corrected chi connectivity index (χ0v) is 32.2. The predicted octanol–water partition coefficient (Wildman–Crippen LogP) is 7.78. The fourth-order valence-electron chi connectivity index (χ4n) is 6.68. The second kappa shape index (κ2) is 32.6. The third kappa shape index (κ3) is 23.5. The van der Waals surface area contributed by atoms with Crippen molar-refractivity contribution in [2.45, 2.75) is 230 Å². The van der Waals surface area contributed by atoms with Crippen LogP contribution in [0.3, 0.4) is 0 Å². The molecule has 1 amide bonds. The first-order chi connectivity index (χ1) is 24.3. The lowest BCUT2D eigenvalue weighted by Gasteiger charge is -2.40. The largest absolute Gasteiger partial charge is 0.394 e. The highest BCUT2D eigenvalue weighted by molar-refractivity contribution is 5.76. The van der Waals surface area contributed by atoms with Gasteiger partial charge in [0.2, 0.25) is 5.91 Å². The summed E-state index contributed by atoms with van der Waals surface area (Å²) >= 11 is 0. The van der Waals surface area contributed by atoms with Crippen LogP contribution < -0.4 is 5.32 Å². The molecular weight excluding hydrogens is 634 g/mol. The maximum Gasteiger partial charge on any atom is 0.220 e. The predicted molar refractivity (Wildman–Crippen MR) is 203 cm³/mol. The molecule has 1 fully saturated rings. The van der Waals surface area contributed by atoms with Crippen LogP contribution in [0.2, 0.25) is 0 Å². The number of carbonyl (C=O) groups is 1. The van der Waals surface area contributed by atoms with E-state index in [1.807, 2.05) is 6.08 Å². The number of rotatable bonds is 34. The molecule has 0 aromatic rings. The van der Waals surface area contributed by atoms with Crippen LogP contribution in [0.15, 0.2) is 12.2 Å². The van der Waals surface area contributed by atoms with Crippen LogP contribution in [-0.4, -0.2) is 87.5 Å². The lowest BCUT2D eigenvalue weighted by atomic mass is 9.99. The summed E-state index contributed by atoms with van der Waals surface area (Å²) in [5.41, 5.74) is 0. The minimum absolute atomic E-state index is 0.177. The Bertz CT molecular complexity index is 797. The van der Waals surface area contributed by atoms with Gasteiger partial charge in [0.1, 0.15) is 24.4 Å². The number of unbranched alkanes of at least 4 members (excludes halogenated alkanes) is 24. The molecule has 9 heteroatoms. The molecule has 6 N–H and O–H groups in total. The molecule has 0 bridgehead atoms. The third-order valence-electron chi connectivity index (χ3n) is 10.1. The van der Waals surface area contributed by atoms with Crippen LogP contribution in [0, 0.1) is 0 Å². The van der Waals surface area contributed by atoms with Crippen LogP contribution >= 0.6 is 0 Å². The SMILES string of the molecule is CCCCCCCCCCCCCCC/C=C/C(O)C(COC1OC(CO)C(O)C(O)C1O)NC(=O)CCCCCCCCCCCCCC. The number of aliphatic hydroxyl groups excluding tert-OH is 5. The van der Waals surface area contributed by atoms with Crippen molar-refractivity contribution in [3.8, 4) is 0 Å². The number of amides is 1. The van der Waals surface area contributed by atoms with Crippen LogP contribution in [0.1, 0.15) is 187 Å². The summed E-state index contributed by atoms with van der Waals surface area (Å²) in [4.78, 5) is 12.9. The molecule has 0 aromatic heterocycles. The van der Waals surface area contributed by atoms with Crippen molar-refractivity contribution in [1.29, 1.82) is 0 Å². The Morgan fingerprint density at radius 2 is 1.10 bits per heavy atom. The molecule has 9 nitrogen and oxygen atoms in total. The summed E-state index contributed by atoms with van der Waals surface area (Å²) in [6.45, 7) is 3.76. The summed E-state index contributed by atoms with van der Waals surface area (Å²) < 4.78 is 11.2. The minimum Gasteiger partial charge on any atom is -0.394 e. The smallest absolute Gasteiger partial charge is 0.220 e. The van der Waals surface area contributed by atoms with Crippen molar-refractivity contribution in [3.05, 3.63) is 12.2 Å². The summed E-state index contributed by atoms with van der Waals surface area (Å²) in [6, 6.07) is -0.796. The number of nitrogens with one attached hydrogen (secondary N) is 1. The van der Waals surface area contributed by atoms with E-state index < -0.39 is 49.5 Å². The minimum atomic E-state index is -1.56. The van der Waals surface area contributed by atoms with E-state index in [0.29, 0.717) is 6.42 Å². The number of hydrogen-bond donors (Lipinski definition) is 6. The molecule has 7 unspecified atom stereocenters. The Balaban J connectivity index is 2.41. The molecular formula is C41H79NO8. The Morgan fingerprint density at radius 3 is 1.56 bits per heavy atom. The van der Waals surface area contributed by atoms with Crippen molar-refractivity contribution in [2.75, 3.05) is 13.2 Å². The van der Waals surface area contributed by atoms with E-state index in [0.717, 1.165) is 38.5 Å². The Labute approximate surface area is 306 Å². The quantitative estimate of drug-likeness (QED) is 0.0293. The fourth-order valence-corrected chi connectivity index (χ4v) is 6.68. The molecule has 7 atom stereocenters. The van der Waals surface area contributed by atoms with Gasteiger partial charge in [0, 0.05) is 6.42 Å². The van der Waals surface area contributed by atoms with Crippen molar-refractivity contribution in [1.82, 2.24) is 5.32 Å². The van der Waals surface area contributed by atoms with Crippen molar-refractivity contribution < 1.29 is 39.8 Å². The van der Waals surface area contributed by atoms with Gasteiger partial charge >= 0.3 is 0 Å². The fraction of sp³-hybridized carbons (Fsp3) is 0.927. The molecule has 1 saturated heterocycles. The van der Waals surface area contributed by atoms with E-state index in [9.17, 15) is 30.3 Å². The van der Waals surface area contributed by atoms with Gasteiger partial charge in [0.05, 0.1) is 25.4 Å². The summed E-state index contributed by atoms with van der Waals surface area (Å²) in [6.07, 6.45) is 28.2. The number of carbonyl (C=O) groups excluding carboxylic acids is 1. The Kier molecular flexibility index (Phi) is 30.6. The van der Waals surface area contributed by atoms with Crippen molar-refractivity contribution >= 4 is 5.91 Å². The maximum absolute atomic E-state index is 12.9. The van der Waals surface area contributed by atoms with Gasteiger partial charge < -0.3 is 40.3 Å². The number of ether oxygens (including phenoxy) is 2. The highest BCUT2D eigenvalue weighted by atomic mass is 16.7. The first-order valence-corrected chi connectivity index (χ1v) is 20.9. The Hall–Kier alpha value is -1.07. The van der Waals surface area contributed by atoms with E-state index in [1.54, 1.807) is 6.08 Å². The Morgan fingerprint density at radius 1 is 0.660 bits per heavy atom. The first-order valence-electron chi connectivity index (χ1n) is 20.9. The summed E-state index contributed by atoms with van der Waals surface area (Å²) in [5, 5.41) is 54.0. The van der Waals surface area contributed by atoms with Gasteiger partial charge in [-0.3, -0.25) is 4.79 Å². The van der Waals surface area contributed by atoms with Gasteiger partial charge in [-0.15, -0.1) is 0 Å². The zero-order chi connectivity index (χ0) is 36.7. The summed E-state index contributed by atoms with van der Waals surface area (Å²) in [7, 11) is 0. The topological polar surface area (TPSA) is 149 Å². The number of aliphatic hydroxyl groups is 5. The van der Waals surface area contributed by atoms with E-state index >= 15 is 0 Å². The lowest BCUT2D eigenvalue weighted by molar-refractivity contribution is -0.302. The molecule has 0 radical (unpaired) electrons. The molecule has 0 saturated carbocycles. The molecule has 1 aliphatic rings. The summed E-state index contributed by atoms with van der Waals surface area (Å²) in [5.74, 6) is -0.177. The molecule has 1 heterocycles. The van der Waals surface area contributed by atoms with Gasteiger partial charge in [0.15, 0.2) is 6.29 Å². The van der Waals surface area contributed by atoms with Gasteiger partial charge in [-0.25, -0.2) is 0 Å². The van der Waals surface area contributed by atoms with Crippen molar-refractivity contribution in [2.24, 2.45) is 0 Å². The highest BCUT2D eigenvalue weighted by Gasteiger charge is 2.44. The van der Waals surface area contributed by atoms with E-state index in [4.69, 9.17) is 9.47 Å². The van der Waals surface area contributed by atoms with Crippen LogP contribution in [0.5, 0.6) is 0 Å². The average molecular weight is 714 g/mol. The molecule has 296 valence electrons. The molecule has 1 aliphatic heterocycles. The van der Waals surface area contributed by atoms with Gasteiger partial charge in [-0.1, -0.05) is 174 Å². The normalized spacial score (nSPS) is 22.3. The van der Waals surface area contributed by atoms with Crippen molar-refractivity contribution in [3.63, 3.8) is 0 Å². The van der Waals surface area contributed by atoms with E-state index in [1.165, 1.54) is 128 Å². The maximum atomic E-state index is 12.9. The first kappa shape index (κ1) is 47.0. The highest BCUT2D eigenvalue weighted by Crippen LogP contribution is 2.22. The van der Waals surface area contributed by atoms with Gasteiger partial charge in [-0.05, 0) is 19.3 Å². The number of allylic oxidation sites excluding steroid dienone is 1. The average Bonchev–Trinajstić information content (AvgIpc) is 3.11. The molecule has 1 rings (SSSR count). The van der Waals surface area contributed by atoms with Crippen LogP contribution in [-0.2, 0) is 14.3 Å². The van der Waals surface area contributed by atoms with Crippen LogP contribution in [0.4, 0.5) is 0 Å². The third-order valence-corrected chi connectivity index (χ3v) is 10.1. The second-order valence-electron chi connectivity index (χ2n) is 14.8. The van der Waals surface area contributed by atoms with Gasteiger partial charge in [-0.2, -0.15) is 0 Å². The molecule has 0 aromatic carbocycles. The second-order valence-corrected chi connectivity index (χ2v) is 14.8. The standard InChI is InChI=1S/C41H79NO8/c1-3-5-7-9-11-13-15-17-18-19-20-22-24-26-28-30-35(44)34(33-49-41-40(48)39(47)38(46)36(32-43)50-41)42-37(45)31-29-27-25-23-21-16-14-12-10-8-6-4-2/h28,30,34-36,38-41,43-44,46-48H,3-27,29,31-33H2,1-2H3,(H,42,45)/b30-28+. The van der Waals surface area contributed by atoms with E-state index in [2.05, 4.69) is 19.2 Å². The lowest BCUT2D eigenvalue weighted by Crippen LogP contribution is -2.60. The molecule has 50 heavy (non-hydrogen) atoms. The zero-order valence-electron chi connectivity index (χ0n) is 32.2. The molecule has 0 spiro atoms. The monoisotopic (exact) mass is 714 g/mol. The van der Waals surface area contributed by atoms with Crippen LogP contribution in [0.25, 0.3) is 0 Å².